The molecular formula is C11H16ClN5. The summed E-state index contributed by atoms with van der Waals surface area (Å²) in [6.45, 7) is 7.11. The van der Waals surface area contributed by atoms with E-state index in [0.717, 1.165) is 24.3 Å². The minimum atomic E-state index is 0.227. The van der Waals surface area contributed by atoms with Crippen molar-refractivity contribution in [2.75, 3.05) is 5.32 Å². The maximum Gasteiger partial charge on any atom is 0.226 e. The predicted molar refractivity (Wildman–Crippen MR) is 69.4 cm³/mol. The Morgan fingerprint density at radius 2 is 2.18 bits per heavy atom. The summed E-state index contributed by atoms with van der Waals surface area (Å²) in [6.07, 6.45) is 2.78. The maximum atomic E-state index is 5.89. The average Bonchev–Trinajstić information content (AvgIpc) is 2.71. The zero-order chi connectivity index (χ0) is 12.4. The van der Waals surface area contributed by atoms with Gasteiger partial charge in [-0.25, -0.2) is 4.98 Å². The second kappa shape index (κ2) is 4.87. The summed E-state index contributed by atoms with van der Waals surface area (Å²) < 4.78 is 2.01. The molecule has 0 aromatic carbocycles. The van der Waals surface area contributed by atoms with Gasteiger partial charge in [-0.15, -0.1) is 0 Å². The average molecular weight is 254 g/mol. The second-order valence-corrected chi connectivity index (χ2v) is 4.34. The van der Waals surface area contributed by atoms with Gasteiger partial charge in [0.15, 0.2) is 11.5 Å². The van der Waals surface area contributed by atoms with Crippen molar-refractivity contribution in [3.8, 4) is 0 Å². The van der Waals surface area contributed by atoms with E-state index in [4.69, 9.17) is 11.6 Å². The molecule has 0 aliphatic heterocycles. The van der Waals surface area contributed by atoms with Gasteiger partial charge in [0.1, 0.15) is 5.52 Å². The van der Waals surface area contributed by atoms with E-state index in [0.29, 0.717) is 11.7 Å². The van der Waals surface area contributed by atoms with Crippen LogP contribution in [-0.4, -0.2) is 25.6 Å². The Hall–Kier alpha value is -1.36. The number of fused-ring (bicyclic) bond motifs is 1. The van der Waals surface area contributed by atoms with Gasteiger partial charge in [-0.2, -0.15) is 9.97 Å². The fourth-order valence-corrected chi connectivity index (χ4v) is 1.79. The first-order chi connectivity index (χ1) is 8.15. The first-order valence-electron chi connectivity index (χ1n) is 5.80. The zero-order valence-electron chi connectivity index (χ0n) is 10.2. The van der Waals surface area contributed by atoms with Crippen molar-refractivity contribution >= 4 is 28.6 Å². The predicted octanol–water partition coefficient (Wildman–Crippen LogP) is 2.71. The highest BCUT2D eigenvalue weighted by Gasteiger charge is 2.13. The Labute approximate surface area is 105 Å². The molecule has 5 nitrogen and oxygen atoms in total. The van der Waals surface area contributed by atoms with Crippen LogP contribution in [0.15, 0.2) is 6.33 Å². The van der Waals surface area contributed by atoms with Crippen LogP contribution in [0.2, 0.25) is 5.28 Å². The van der Waals surface area contributed by atoms with E-state index in [1.807, 2.05) is 4.57 Å². The van der Waals surface area contributed by atoms with Gasteiger partial charge in [-0.1, -0.05) is 6.92 Å². The summed E-state index contributed by atoms with van der Waals surface area (Å²) >= 11 is 5.89. The molecule has 6 heteroatoms. The van der Waals surface area contributed by atoms with Crippen LogP contribution in [0.4, 0.5) is 5.82 Å². The van der Waals surface area contributed by atoms with Gasteiger partial charge in [0.05, 0.1) is 6.33 Å². The molecule has 1 N–H and O–H groups in total. The first-order valence-corrected chi connectivity index (χ1v) is 6.18. The molecule has 2 aromatic heterocycles. The van der Waals surface area contributed by atoms with Gasteiger partial charge >= 0.3 is 0 Å². The van der Waals surface area contributed by atoms with Gasteiger partial charge < -0.3 is 9.88 Å². The lowest BCUT2D eigenvalue weighted by atomic mass is 10.2. The number of halogens is 1. The number of hydrogen-bond acceptors (Lipinski definition) is 4. The van der Waals surface area contributed by atoms with Gasteiger partial charge in [-0.3, -0.25) is 0 Å². The molecule has 0 radical (unpaired) electrons. The van der Waals surface area contributed by atoms with Crippen molar-refractivity contribution in [2.24, 2.45) is 0 Å². The molecule has 0 bridgehead atoms. The lowest BCUT2D eigenvalue weighted by Gasteiger charge is -2.13. The lowest BCUT2D eigenvalue weighted by molar-refractivity contribution is 0.752. The van der Waals surface area contributed by atoms with Crippen molar-refractivity contribution in [3.63, 3.8) is 0 Å². The molecule has 0 amide bonds. The topological polar surface area (TPSA) is 55.6 Å². The quantitative estimate of drug-likeness (QED) is 0.852. The van der Waals surface area contributed by atoms with Crippen molar-refractivity contribution in [3.05, 3.63) is 11.6 Å². The number of aromatic nitrogens is 4. The summed E-state index contributed by atoms with van der Waals surface area (Å²) in [5, 5.41) is 3.57. The van der Waals surface area contributed by atoms with Gasteiger partial charge in [0, 0.05) is 12.6 Å². The molecule has 1 unspecified atom stereocenters. The van der Waals surface area contributed by atoms with E-state index in [-0.39, 0.29) is 5.28 Å². The van der Waals surface area contributed by atoms with Crippen LogP contribution in [-0.2, 0) is 6.54 Å². The lowest BCUT2D eigenvalue weighted by Crippen LogP contribution is -2.15. The third-order valence-electron chi connectivity index (χ3n) is 2.78. The van der Waals surface area contributed by atoms with Crippen molar-refractivity contribution in [1.82, 2.24) is 19.5 Å². The highest BCUT2D eigenvalue weighted by atomic mass is 35.5. The molecule has 0 saturated carbocycles. The summed E-state index contributed by atoms with van der Waals surface area (Å²) in [5.41, 5.74) is 1.55. The number of nitrogens with one attached hydrogen (secondary N) is 1. The van der Waals surface area contributed by atoms with E-state index < -0.39 is 0 Å². The van der Waals surface area contributed by atoms with Crippen LogP contribution in [0.5, 0.6) is 0 Å². The van der Waals surface area contributed by atoms with E-state index in [1.165, 1.54) is 0 Å². The standard InChI is InChI=1S/C11H16ClN5/c1-4-7(3)14-10-8-9(15-11(12)16-10)13-6-17(8)5-2/h6-7H,4-5H2,1-3H3,(H,14,15,16). The molecule has 0 spiro atoms. The molecule has 0 aliphatic carbocycles. The van der Waals surface area contributed by atoms with Crippen LogP contribution < -0.4 is 5.32 Å². The molecule has 92 valence electrons. The molecule has 17 heavy (non-hydrogen) atoms. The third kappa shape index (κ3) is 2.34. The molecule has 0 fully saturated rings. The van der Waals surface area contributed by atoms with Crippen molar-refractivity contribution in [1.29, 1.82) is 0 Å². The molecule has 2 aromatic rings. The minimum Gasteiger partial charge on any atom is -0.366 e. The number of aryl methyl sites for hydroxylation is 1. The Kier molecular flexibility index (Phi) is 3.47. The van der Waals surface area contributed by atoms with Crippen molar-refractivity contribution in [2.45, 2.75) is 39.8 Å². The van der Waals surface area contributed by atoms with E-state index >= 15 is 0 Å². The van der Waals surface area contributed by atoms with E-state index in [1.54, 1.807) is 6.33 Å². The molecule has 2 heterocycles. The Balaban J connectivity index is 2.54. The van der Waals surface area contributed by atoms with Gasteiger partial charge in [-0.05, 0) is 31.9 Å². The molecular weight excluding hydrogens is 238 g/mol. The van der Waals surface area contributed by atoms with Crippen LogP contribution in [0, 0.1) is 0 Å². The highest BCUT2D eigenvalue weighted by molar-refractivity contribution is 6.28. The number of rotatable bonds is 4. The molecule has 1 atom stereocenters. The maximum absolute atomic E-state index is 5.89. The van der Waals surface area contributed by atoms with Gasteiger partial charge in [0.2, 0.25) is 5.28 Å². The molecule has 0 aliphatic rings. The summed E-state index contributed by atoms with van der Waals surface area (Å²) in [5.74, 6) is 0.758. The van der Waals surface area contributed by atoms with Crippen molar-refractivity contribution < 1.29 is 0 Å². The molecule has 0 saturated heterocycles. The number of imidazole rings is 1. The number of anilines is 1. The monoisotopic (exact) mass is 253 g/mol. The second-order valence-electron chi connectivity index (χ2n) is 4.00. The van der Waals surface area contributed by atoms with Gasteiger partial charge in [0.25, 0.3) is 0 Å². The third-order valence-corrected chi connectivity index (χ3v) is 2.95. The Morgan fingerprint density at radius 1 is 1.41 bits per heavy atom. The van der Waals surface area contributed by atoms with E-state index in [9.17, 15) is 0 Å². The smallest absolute Gasteiger partial charge is 0.226 e. The Bertz CT molecular complexity index is 522. The normalized spacial score (nSPS) is 12.9. The van der Waals surface area contributed by atoms with Crippen LogP contribution in [0.3, 0.4) is 0 Å². The fraction of sp³-hybridized carbons (Fsp3) is 0.545. The Morgan fingerprint density at radius 3 is 2.82 bits per heavy atom. The SMILES string of the molecule is CCC(C)Nc1nc(Cl)nc2ncn(CC)c12. The minimum absolute atomic E-state index is 0.227. The summed E-state index contributed by atoms with van der Waals surface area (Å²) in [4.78, 5) is 12.6. The highest BCUT2D eigenvalue weighted by Crippen LogP contribution is 2.22. The summed E-state index contributed by atoms with van der Waals surface area (Å²) in [6, 6.07) is 0.337. The fourth-order valence-electron chi connectivity index (χ4n) is 1.63. The van der Waals surface area contributed by atoms with Crippen LogP contribution >= 0.6 is 11.6 Å². The number of nitrogens with zero attached hydrogens (tertiary/aromatic N) is 4. The summed E-state index contributed by atoms with van der Waals surface area (Å²) in [7, 11) is 0. The largest absolute Gasteiger partial charge is 0.366 e. The zero-order valence-corrected chi connectivity index (χ0v) is 11.0. The van der Waals surface area contributed by atoms with Crippen LogP contribution in [0.25, 0.3) is 11.2 Å². The van der Waals surface area contributed by atoms with E-state index in [2.05, 4.69) is 41.0 Å². The van der Waals surface area contributed by atoms with Crippen LogP contribution in [0.1, 0.15) is 27.2 Å². The first kappa shape index (κ1) is 12.1. The number of hydrogen-bond donors (Lipinski definition) is 1. The molecule has 2 rings (SSSR count).